The van der Waals surface area contributed by atoms with E-state index < -0.39 is 0 Å². The predicted octanol–water partition coefficient (Wildman–Crippen LogP) is 1.91. The maximum absolute atomic E-state index is 12.7. The maximum Gasteiger partial charge on any atom is 0.318 e. The molecule has 1 atom stereocenters. The van der Waals surface area contributed by atoms with Gasteiger partial charge in [-0.25, -0.2) is 9.18 Å². The molecule has 80 valence electrons. The largest absolute Gasteiger partial charge is 0.329 e. The summed E-state index contributed by atoms with van der Waals surface area (Å²) in [5, 5.41) is 2.86. The number of hydrogen-bond donors (Lipinski definition) is 1. The third-order valence-corrected chi connectivity index (χ3v) is 2.64. The van der Waals surface area contributed by atoms with Crippen LogP contribution in [0.1, 0.15) is 18.5 Å². The van der Waals surface area contributed by atoms with Crippen molar-refractivity contribution in [2.24, 2.45) is 0 Å². The molecule has 0 aromatic heterocycles. The van der Waals surface area contributed by atoms with Gasteiger partial charge in [-0.1, -0.05) is 12.1 Å². The van der Waals surface area contributed by atoms with Crippen molar-refractivity contribution >= 4 is 6.03 Å². The third-order valence-electron chi connectivity index (χ3n) is 2.64. The summed E-state index contributed by atoms with van der Waals surface area (Å²) in [5.41, 5.74) is 0.945. The van der Waals surface area contributed by atoms with Gasteiger partial charge in [0.2, 0.25) is 0 Å². The Bertz CT molecular complexity index is 363. The maximum atomic E-state index is 12.7. The highest BCUT2D eigenvalue weighted by Crippen LogP contribution is 2.19. The molecular weight excluding hydrogens is 195 g/mol. The van der Waals surface area contributed by atoms with Gasteiger partial charge in [-0.2, -0.15) is 0 Å². The highest BCUT2D eigenvalue weighted by molar-refractivity contribution is 5.77. The van der Waals surface area contributed by atoms with Gasteiger partial charge >= 0.3 is 6.03 Å². The fraction of sp³-hybridized carbons (Fsp3) is 0.364. The average molecular weight is 208 g/mol. The minimum Gasteiger partial charge on any atom is -0.329 e. The second-order valence-electron chi connectivity index (χ2n) is 3.59. The van der Waals surface area contributed by atoms with Crippen molar-refractivity contribution in [3.05, 3.63) is 35.6 Å². The van der Waals surface area contributed by atoms with Crippen LogP contribution in [0.25, 0.3) is 0 Å². The Labute approximate surface area is 87.9 Å². The first-order valence-corrected chi connectivity index (χ1v) is 5.01. The molecule has 1 aliphatic rings. The second kappa shape index (κ2) is 3.88. The fourth-order valence-electron chi connectivity index (χ4n) is 1.75. The van der Waals surface area contributed by atoms with Crippen molar-refractivity contribution in [1.82, 2.24) is 10.2 Å². The normalized spacial score (nSPS) is 20.5. The Balaban J connectivity index is 2.13. The van der Waals surface area contributed by atoms with Gasteiger partial charge in [0, 0.05) is 13.1 Å². The highest BCUT2D eigenvalue weighted by Gasteiger charge is 2.28. The van der Waals surface area contributed by atoms with Gasteiger partial charge in [-0.05, 0) is 24.6 Å². The summed E-state index contributed by atoms with van der Waals surface area (Å²) in [7, 11) is 0. The summed E-state index contributed by atoms with van der Waals surface area (Å²) < 4.78 is 12.7. The number of nitrogens with one attached hydrogen (secondary N) is 1. The van der Waals surface area contributed by atoms with Crippen LogP contribution < -0.4 is 5.32 Å². The number of carbonyl (C=O) groups excluding carboxylic acids is 1. The zero-order valence-electron chi connectivity index (χ0n) is 8.53. The Morgan fingerprint density at radius 2 is 2.13 bits per heavy atom. The molecule has 1 saturated heterocycles. The van der Waals surface area contributed by atoms with Gasteiger partial charge in [0.05, 0.1) is 6.04 Å². The molecular formula is C11H13FN2O. The molecule has 15 heavy (non-hydrogen) atoms. The van der Waals surface area contributed by atoms with E-state index in [1.807, 2.05) is 6.92 Å². The Morgan fingerprint density at radius 3 is 2.67 bits per heavy atom. The summed E-state index contributed by atoms with van der Waals surface area (Å²) >= 11 is 0. The number of rotatable bonds is 2. The quantitative estimate of drug-likeness (QED) is 0.791. The van der Waals surface area contributed by atoms with Crippen LogP contribution in [-0.2, 0) is 0 Å². The Hall–Kier alpha value is -1.58. The van der Waals surface area contributed by atoms with E-state index in [0.717, 1.165) is 5.56 Å². The number of urea groups is 1. The van der Waals surface area contributed by atoms with Crippen LogP contribution in [0.15, 0.2) is 24.3 Å². The Kier molecular flexibility index (Phi) is 2.58. The fourth-order valence-corrected chi connectivity index (χ4v) is 1.75. The first-order valence-electron chi connectivity index (χ1n) is 5.01. The number of carbonyl (C=O) groups is 1. The smallest absolute Gasteiger partial charge is 0.318 e. The van der Waals surface area contributed by atoms with Crippen molar-refractivity contribution < 1.29 is 9.18 Å². The van der Waals surface area contributed by atoms with Crippen LogP contribution in [-0.4, -0.2) is 24.0 Å². The summed E-state index contributed by atoms with van der Waals surface area (Å²) in [5.74, 6) is -0.254. The molecule has 0 spiro atoms. The van der Waals surface area contributed by atoms with Crippen molar-refractivity contribution in [2.45, 2.75) is 13.0 Å². The van der Waals surface area contributed by atoms with Crippen molar-refractivity contribution in [3.8, 4) is 0 Å². The summed E-state index contributed by atoms with van der Waals surface area (Å²) in [4.78, 5) is 13.1. The molecule has 2 rings (SSSR count). The van der Waals surface area contributed by atoms with Crippen LogP contribution in [0.4, 0.5) is 9.18 Å². The summed E-state index contributed by atoms with van der Waals surface area (Å²) in [6.07, 6.45) is 0. The third kappa shape index (κ3) is 1.93. The molecule has 1 fully saturated rings. The number of halogens is 1. The minimum atomic E-state index is -0.254. The molecule has 0 saturated carbocycles. The zero-order valence-corrected chi connectivity index (χ0v) is 8.53. The highest BCUT2D eigenvalue weighted by atomic mass is 19.1. The zero-order chi connectivity index (χ0) is 10.8. The predicted molar refractivity (Wildman–Crippen MR) is 54.9 cm³/mol. The average Bonchev–Trinajstić information content (AvgIpc) is 2.61. The van der Waals surface area contributed by atoms with E-state index in [-0.39, 0.29) is 17.9 Å². The van der Waals surface area contributed by atoms with Gasteiger partial charge in [-0.15, -0.1) is 0 Å². The molecule has 1 unspecified atom stereocenters. The SMILES string of the molecule is CCN1CC(c2ccc(F)cc2)NC1=O. The van der Waals surface area contributed by atoms with E-state index in [9.17, 15) is 9.18 Å². The molecule has 0 aliphatic carbocycles. The Morgan fingerprint density at radius 1 is 1.47 bits per heavy atom. The molecule has 1 aromatic rings. The van der Waals surface area contributed by atoms with Crippen LogP contribution in [0.5, 0.6) is 0 Å². The molecule has 1 aliphatic heterocycles. The van der Waals surface area contributed by atoms with Gasteiger partial charge < -0.3 is 10.2 Å². The minimum absolute atomic E-state index is 0.0157. The first-order chi connectivity index (χ1) is 7.20. The van der Waals surface area contributed by atoms with Crippen LogP contribution in [0.3, 0.4) is 0 Å². The number of benzene rings is 1. The lowest BCUT2D eigenvalue weighted by Gasteiger charge is -2.11. The van der Waals surface area contributed by atoms with Crippen LogP contribution >= 0.6 is 0 Å². The van der Waals surface area contributed by atoms with E-state index in [1.165, 1.54) is 12.1 Å². The summed E-state index contributed by atoms with van der Waals surface area (Å²) in [6, 6.07) is 6.18. The van der Waals surface area contributed by atoms with Crippen LogP contribution in [0, 0.1) is 5.82 Å². The van der Waals surface area contributed by atoms with E-state index in [2.05, 4.69) is 5.32 Å². The number of likely N-dealkylation sites (N-methyl/N-ethyl adjacent to an activating group) is 1. The lowest BCUT2D eigenvalue weighted by atomic mass is 10.1. The van der Waals surface area contributed by atoms with Gasteiger partial charge in [0.15, 0.2) is 0 Å². The monoisotopic (exact) mass is 208 g/mol. The molecule has 1 aromatic carbocycles. The number of nitrogens with zero attached hydrogens (tertiary/aromatic N) is 1. The van der Waals surface area contributed by atoms with Gasteiger partial charge in [0.25, 0.3) is 0 Å². The molecule has 0 bridgehead atoms. The lowest BCUT2D eigenvalue weighted by Crippen LogP contribution is -2.27. The molecule has 1 N–H and O–H groups in total. The lowest BCUT2D eigenvalue weighted by molar-refractivity contribution is 0.219. The van der Waals surface area contributed by atoms with E-state index in [4.69, 9.17) is 0 Å². The van der Waals surface area contributed by atoms with Gasteiger partial charge in [0.1, 0.15) is 5.82 Å². The van der Waals surface area contributed by atoms with E-state index in [1.54, 1.807) is 17.0 Å². The van der Waals surface area contributed by atoms with Crippen molar-refractivity contribution in [3.63, 3.8) is 0 Å². The molecule has 4 heteroatoms. The van der Waals surface area contributed by atoms with Crippen molar-refractivity contribution in [1.29, 1.82) is 0 Å². The molecule has 1 heterocycles. The molecule has 0 radical (unpaired) electrons. The molecule has 2 amide bonds. The van der Waals surface area contributed by atoms with E-state index >= 15 is 0 Å². The summed E-state index contributed by atoms with van der Waals surface area (Å²) in [6.45, 7) is 3.29. The number of amides is 2. The second-order valence-corrected chi connectivity index (χ2v) is 3.59. The van der Waals surface area contributed by atoms with Crippen molar-refractivity contribution in [2.75, 3.05) is 13.1 Å². The van der Waals surface area contributed by atoms with Crippen LogP contribution in [0.2, 0.25) is 0 Å². The van der Waals surface area contributed by atoms with E-state index in [0.29, 0.717) is 13.1 Å². The number of hydrogen-bond acceptors (Lipinski definition) is 1. The first kappa shape index (κ1) is 9.96. The topological polar surface area (TPSA) is 32.3 Å². The molecule has 3 nitrogen and oxygen atoms in total. The van der Waals surface area contributed by atoms with Gasteiger partial charge in [-0.3, -0.25) is 0 Å². The standard InChI is InChI=1S/C11H13FN2O/c1-2-14-7-10(13-11(14)15)8-3-5-9(12)6-4-8/h3-6,10H,2,7H2,1H3,(H,13,15).